The Bertz CT molecular complexity index is 403. The Balaban J connectivity index is 3.46. The predicted molar refractivity (Wildman–Crippen MR) is 58.3 cm³/mol. The second kappa shape index (κ2) is 3.92. The highest BCUT2D eigenvalue weighted by Crippen LogP contribution is 2.26. The minimum absolute atomic E-state index is 0.114. The first-order valence-electron chi connectivity index (χ1n) is 4.20. The molecule has 2 nitrogen and oxygen atoms in total. The van der Waals surface area contributed by atoms with E-state index in [4.69, 9.17) is 0 Å². The first-order chi connectivity index (χ1) is 6.60. The lowest BCUT2D eigenvalue weighted by atomic mass is 9.99. The maximum atomic E-state index is 10.8. The van der Waals surface area contributed by atoms with E-state index in [0.29, 0.717) is 16.7 Å². The standard InChI is InChI=1S/C12H12O2/c1-4-9-5-10(7-13)11(8(2)3)6-12(9)14/h4-7,14H,1-2H2,3H3. The molecule has 0 saturated heterocycles. The maximum Gasteiger partial charge on any atom is 0.150 e. The van der Waals surface area contributed by atoms with Crippen molar-refractivity contribution in [3.8, 4) is 5.75 Å². The zero-order valence-electron chi connectivity index (χ0n) is 8.08. The molecule has 0 aliphatic carbocycles. The summed E-state index contributed by atoms with van der Waals surface area (Å²) in [6.45, 7) is 9.07. The molecule has 0 aliphatic heterocycles. The highest BCUT2D eigenvalue weighted by Gasteiger charge is 2.07. The van der Waals surface area contributed by atoms with Crippen LogP contribution < -0.4 is 0 Å². The van der Waals surface area contributed by atoms with Crippen LogP contribution in [-0.4, -0.2) is 11.4 Å². The Morgan fingerprint density at radius 2 is 2.07 bits per heavy atom. The number of allylic oxidation sites excluding steroid dienone is 1. The average Bonchev–Trinajstić information content (AvgIpc) is 2.17. The zero-order chi connectivity index (χ0) is 10.7. The number of phenols is 1. The summed E-state index contributed by atoms with van der Waals surface area (Å²) in [6.07, 6.45) is 2.25. The molecule has 0 aliphatic rings. The molecule has 0 heterocycles. The van der Waals surface area contributed by atoms with Crippen LogP contribution in [0.1, 0.15) is 28.4 Å². The van der Waals surface area contributed by atoms with Gasteiger partial charge in [0.15, 0.2) is 6.29 Å². The van der Waals surface area contributed by atoms with Crippen molar-refractivity contribution in [2.24, 2.45) is 0 Å². The number of rotatable bonds is 3. The summed E-state index contributed by atoms with van der Waals surface area (Å²) in [7, 11) is 0. The Hall–Kier alpha value is -1.83. The van der Waals surface area contributed by atoms with E-state index in [1.165, 1.54) is 12.1 Å². The molecule has 72 valence electrons. The summed E-state index contributed by atoms with van der Waals surface area (Å²) in [5, 5.41) is 9.53. The quantitative estimate of drug-likeness (QED) is 0.740. The molecule has 0 amide bonds. The molecule has 0 saturated carbocycles. The fraction of sp³-hybridized carbons (Fsp3) is 0.0833. The van der Waals surface area contributed by atoms with Crippen molar-refractivity contribution >= 4 is 17.9 Å². The van der Waals surface area contributed by atoms with Crippen LogP contribution in [0, 0.1) is 0 Å². The van der Waals surface area contributed by atoms with Gasteiger partial charge in [0.25, 0.3) is 0 Å². The molecule has 1 N–H and O–H groups in total. The summed E-state index contributed by atoms with van der Waals surface area (Å²) in [5.41, 5.74) is 2.49. The summed E-state index contributed by atoms with van der Waals surface area (Å²) < 4.78 is 0. The zero-order valence-corrected chi connectivity index (χ0v) is 8.08. The Morgan fingerprint density at radius 3 is 2.50 bits per heavy atom. The molecule has 1 aromatic carbocycles. The minimum atomic E-state index is 0.114. The largest absolute Gasteiger partial charge is 0.507 e. The molecule has 14 heavy (non-hydrogen) atoms. The number of hydrogen-bond donors (Lipinski definition) is 1. The van der Waals surface area contributed by atoms with E-state index in [0.717, 1.165) is 11.9 Å². The van der Waals surface area contributed by atoms with Gasteiger partial charge in [-0.05, 0) is 24.6 Å². The van der Waals surface area contributed by atoms with Crippen molar-refractivity contribution in [3.63, 3.8) is 0 Å². The number of hydrogen-bond acceptors (Lipinski definition) is 2. The summed E-state index contributed by atoms with van der Waals surface area (Å²) in [4.78, 5) is 10.8. The van der Waals surface area contributed by atoms with Gasteiger partial charge in [0.05, 0.1) is 0 Å². The van der Waals surface area contributed by atoms with Gasteiger partial charge in [0.2, 0.25) is 0 Å². The lowest BCUT2D eigenvalue weighted by Gasteiger charge is -2.07. The van der Waals surface area contributed by atoms with Crippen LogP contribution in [0.4, 0.5) is 0 Å². The van der Waals surface area contributed by atoms with Gasteiger partial charge in [0, 0.05) is 11.1 Å². The predicted octanol–water partition coefficient (Wildman–Crippen LogP) is 2.88. The third-order valence-corrected chi connectivity index (χ3v) is 2.01. The van der Waals surface area contributed by atoms with Gasteiger partial charge in [0.1, 0.15) is 5.75 Å². The van der Waals surface area contributed by atoms with Crippen molar-refractivity contribution in [1.29, 1.82) is 0 Å². The summed E-state index contributed by atoms with van der Waals surface area (Å²) in [6, 6.07) is 3.13. The molecule has 2 heteroatoms. The molecule has 0 unspecified atom stereocenters. The van der Waals surface area contributed by atoms with Crippen LogP contribution in [0.25, 0.3) is 11.6 Å². The molecule has 0 radical (unpaired) electrons. The number of aromatic hydroxyl groups is 1. The first-order valence-corrected chi connectivity index (χ1v) is 4.20. The summed E-state index contributed by atoms with van der Waals surface area (Å²) >= 11 is 0. The van der Waals surface area contributed by atoms with Crippen LogP contribution in [0.2, 0.25) is 0 Å². The topological polar surface area (TPSA) is 37.3 Å². The highest BCUT2D eigenvalue weighted by atomic mass is 16.3. The SMILES string of the molecule is C=Cc1cc(C=O)c(C(=C)C)cc1O. The van der Waals surface area contributed by atoms with Crippen LogP contribution in [0.15, 0.2) is 25.3 Å². The fourth-order valence-electron chi connectivity index (χ4n) is 1.25. The third-order valence-electron chi connectivity index (χ3n) is 2.01. The van der Waals surface area contributed by atoms with Crippen LogP contribution in [-0.2, 0) is 0 Å². The van der Waals surface area contributed by atoms with Crippen LogP contribution in [0.5, 0.6) is 5.75 Å². The Kier molecular flexibility index (Phi) is 2.87. The molecule has 0 aromatic heterocycles. The van der Waals surface area contributed by atoms with Gasteiger partial charge in [-0.2, -0.15) is 0 Å². The molecule has 0 bridgehead atoms. The van der Waals surface area contributed by atoms with Gasteiger partial charge in [-0.15, -0.1) is 0 Å². The second-order valence-corrected chi connectivity index (χ2v) is 3.10. The number of carbonyl (C=O) groups excluding carboxylic acids is 1. The van der Waals surface area contributed by atoms with E-state index in [-0.39, 0.29) is 5.75 Å². The first kappa shape index (κ1) is 10.3. The van der Waals surface area contributed by atoms with Crippen LogP contribution in [0.3, 0.4) is 0 Å². The van der Waals surface area contributed by atoms with E-state index in [1.807, 2.05) is 0 Å². The van der Waals surface area contributed by atoms with E-state index in [9.17, 15) is 9.90 Å². The molecular weight excluding hydrogens is 176 g/mol. The maximum absolute atomic E-state index is 10.8. The molecule has 0 fully saturated rings. The second-order valence-electron chi connectivity index (χ2n) is 3.10. The molecule has 0 atom stereocenters. The van der Waals surface area contributed by atoms with E-state index < -0.39 is 0 Å². The van der Waals surface area contributed by atoms with E-state index >= 15 is 0 Å². The van der Waals surface area contributed by atoms with Crippen molar-refractivity contribution < 1.29 is 9.90 Å². The number of aldehydes is 1. The van der Waals surface area contributed by atoms with E-state index in [1.54, 1.807) is 13.0 Å². The van der Waals surface area contributed by atoms with Crippen molar-refractivity contribution in [1.82, 2.24) is 0 Å². The van der Waals surface area contributed by atoms with Crippen molar-refractivity contribution in [3.05, 3.63) is 42.0 Å². The van der Waals surface area contributed by atoms with Crippen LogP contribution >= 0.6 is 0 Å². The molecule has 0 spiro atoms. The minimum Gasteiger partial charge on any atom is -0.507 e. The smallest absolute Gasteiger partial charge is 0.150 e. The van der Waals surface area contributed by atoms with Gasteiger partial charge in [-0.25, -0.2) is 0 Å². The lowest BCUT2D eigenvalue weighted by molar-refractivity contribution is 0.112. The number of carbonyl (C=O) groups is 1. The Labute approximate surface area is 83.2 Å². The van der Waals surface area contributed by atoms with Gasteiger partial charge in [-0.1, -0.05) is 24.8 Å². The normalized spacial score (nSPS) is 9.50. The molecule has 1 aromatic rings. The summed E-state index contributed by atoms with van der Waals surface area (Å²) in [5.74, 6) is 0.114. The van der Waals surface area contributed by atoms with E-state index in [2.05, 4.69) is 13.2 Å². The van der Waals surface area contributed by atoms with Gasteiger partial charge < -0.3 is 5.11 Å². The van der Waals surface area contributed by atoms with Crippen molar-refractivity contribution in [2.75, 3.05) is 0 Å². The molecular formula is C12H12O2. The van der Waals surface area contributed by atoms with Gasteiger partial charge >= 0.3 is 0 Å². The third kappa shape index (κ3) is 1.74. The monoisotopic (exact) mass is 188 g/mol. The van der Waals surface area contributed by atoms with Crippen molar-refractivity contribution in [2.45, 2.75) is 6.92 Å². The number of phenolic OH excluding ortho intramolecular Hbond substituents is 1. The lowest BCUT2D eigenvalue weighted by Crippen LogP contribution is -1.91. The Morgan fingerprint density at radius 1 is 1.43 bits per heavy atom. The molecule has 1 rings (SSSR count). The number of benzene rings is 1. The average molecular weight is 188 g/mol. The highest BCUT2D eigenvalue weighted by molar-refractivity contribution is 5.86. The fourth-order valence-corrected chi connectivity index (χ4v) is 1.25. The van der Waals surface area contributed by atoms with Gasteiger partial charge in [-0.3, -0.25) is 4.79 Å².